The first-order valence-corrected chi connectivity index (χ1v) is 11.7. The van der Waals surface area contributed by atoms with E-state index >= 15 is 0 Å². The number of methoxy groups -OCH3 is 1. The van der Waals surface area contributed by atoms with Crippen molar-refractivity contribution in [3.63, 3.8) is 0 Å². The summed E-state index contributed by atoms with van der Waals surface area (Å²) in [7, 11) is -2.87. The molecule has 1 fully saturated rings. The van der Waals surface area contributed by atoms with E-state index in [0.29, 0.717) is 11.3 Å². The summed E-state index contributed by atoms with van der Waals surface area (Å²) in [5.41, 5.74) is 0.303. The summed E-state index contributed by atoms with van der Waals surface area (Å²) in [5.74, 6) is -0.411. The summed E-state index contributed by atoms with van der Waals surface area (Å²) in [6, 6.07) is 8.51. The van der Waals surface area contributed by atoms with E-state index < -0.39 is 22.1 Å². The smallest absolute Gasteiger partial charge is 0.342 e. The fourth-order valence-corrected chi connectivity index (χ4v) is 5.53. The number of hydrogen-bond donors (Lipinski definition) is 0. The molecule has 3 rings (SSSR count). The number of carbonyl (C=O) groups excluding carboxylic acids is 2. The van der Waals surface area contributed by atoms with Gasteiger partial charge in [-0.1, -0.05) is 6.07 Å². The van der Waals surface area contributed by atoms with Gasteiger partial charge in [-0.15, -0.1) is 0 Å². The molecule has 1 aromatic heterocycles. The number of aryl methyl sites for hydroxylation is 2. The van der Waals surface area contributed by atoms with Crippen LogP contribution in [0.4, 0.5) is 0 Å². The van der Waals surface area contributed by atoms with Gasteiger partial charge in [0.15, 0.2) is 6.10 Å². The number of furan rings is 1. The number of nitrogens with zero attached hydrogens (tertiary/aromatic N) is 3. The summed E-state index contributed by atoms with van der Waals surface area (Å²) in [5, 5.41) is 9.00. The molecule has 1 unspecified atom stereocenters. The average molecular weight is 476 g/mol. The van der Waals surface area contributed by atoms with Crippen molar-refractivity contribution < 1.29 is 31.9 Å². The van der Waals surface area contributed by atoms with Gasteiger partial charge in [-0.2, -0.15) is 9.57 Å². The van der Waals surface area contributed by atoms with Crippen LogP contribution in [0.1, 0.15) is 34.4 Å². The third-order valence-corrected chi connectivity index (χ3v) is 7.42. The van der Waals surface area contributed by atoms with Crippen molar-refractivity contribution in [3.05, 3.63) is 46.9 Å². The van der Waals surface area contributed by atoms with Gasteiger partial charge in [0.1, 0.15) is 27.7 Å². The van der Waals surface area contributed by atoms with E-state index in [4.69, 9.17) is 19.2 Å². The zero-order valence-corrected chi connectivity index (χ0v) is 19.6. The predicted octanol–water partition coefficient (Wildman–Crippen LogP) is 1.86. The van der Waals surface area contributed by atoms with Crippen LogP contribution in [-0.4, -0.2) is 68.9 Å². The van der Waals surface area contributed by atoms with Crippen LogP contribution in [0.25, 0.3) is 0 Å². The predicted molar refractivity (Wildman–Crippen MR) is 116 cm³/mol. The van der Waals surface area contributed by atoms with Crippen molar-refractivity contribution in [2.45, 2.75) is 31.8 Å². The van der Waals surface area contributed by atoms with Crippen molar-refractivity contribution >= 4 is 21.9 Å². The number of hydrogen-bond acceptors (Lipinski definition) is 8. The lowest BCUT2D eigenvalue weighted by molar-refractivity contribution is -0.139. The second kappa shape index (κ2) is 9.64. The number of benzene rings is 1. The topological polar surface area (TPSA) is 130 Å². The van der Waals surface area contributed by atoms with Gasteiger partial charge in [0.25, 0.3) is 5.91 Å². The fourth-order valence-electron chi connectivity index (χ4n) is 3.74. The van der Waals surface area contributed by atoms with Gasteiger partial charge >= 0.3 is 5.97 Å². The van der Waals surface area contributed by atoms with Crippen molar-refractivity contribution in [1.82, 2.24) is 9.21 Å². The molecule has 0 saturated carbocycles. The molecule has 2 aromatic rings. The highest BCUT2D eigenvalue weighted by atomic mass is 32.2. The maximum atomic E-state index is 13.3. The van der Waals surface area contributed by atoms with E-state index in [2.05, 4.69) is 0 Å². The molecule has 2 heterocycles. The van der Waals surface area contributed by atoms with E-state index in [9.17, 15) is 18.0 Å². The van der Waals surface area contributed by atoms with Crippen LogP contribution in [0.5, 0.6) is 5.75 Å². The van der Waals surface area contributed by atoms with Crippen LogP contribution in [0, 0.1) is 25.2 Å². The quantitative estimate of drug-likeness (QED) is 0.579. The third kappa shape index (κ3) is 4.86. The van der Waals surface area contributed by atoms with Crippen LogP contribution in [0.2, 0.25) is 0 Å². The standard InChI is InChI=1S/C22H25N3O7S/c1-14-19(22(27)30-4)20(15(2)31-14)33(28,29)25-10-8-24(9-11-25)21(26)16(3)32-18-7-5-6-17(12-18)13-23/h5-7,12,16H,8-11H2,1-4H3. The van der Waals surface area contributed by atoms with Gasteiger partial charge in [0, 0.05) is 26.2 Å². The highest BCUT2D eigenvalue weighted by molar-refractivity contribution is 7.89. The van der Waals surface area contributed by atoms with E-state index in [1.165, 1.54) is 30.2 Å². The highest BCUT2D eigenvalue weighted by Crippen LogP contribution is 2.30. The van der Waals surface area contributed by atoms with Crippen LogP contribution in [0.3, 0.4) is 0 Å². The van der Waals surface area contributed by atoms with Gasteiger partial charge in [-0.25, -0.2) is 13.2 Å². The van der Waals surface area contributed by atoms with Gasteiger partial charge in [0.2, 0.25) is 10.0 Å². The minimum atomic E-state index is -4.04. The summed E-state index contributed by atoms with van der Waals surface area (Å²) in [6.45, 7) is 5.00. The Morgan fingerprint density at radius 3 is 2.42 bits per heavy atom. The Bertz CT molecular complexity index is 1210. The summed E-state index contributed by atoms with van der Waals surface area (Å²) < 4.78 is 43.6. The van der Waals surface area contributed by atoms with Gasteiger partial charge in [0.05, 0.1) is 18.7 Å². The molecule has 0 radical (unpaired) electrons. The van der Waals surface area contributed by atoms with E-state index in [1.54, 1.807) is 31.2 Å². The van der Waals surface area contributed by atoms with Gasteiger partial charge in [-0.3, -0.25) is 4.79 Å². The lowest BCUT2D eigenvalue weighted by Crippen LogP contribution is -2.53. The molecule has 0 aliphatic carbocycles. The molecule has 1 aliphatic heterocycles. The van der Waals surface area contributed by atoms with Crippen LogP contribution in [0.15, 0.2) is 33.6 Å². The Hall–Kier alpha value is -3.36. The zero-order valence-electron chi connectivity index (χ0n) is 18.8. The molecule has 0 bridgehead atoms. The minimum Gasteiger partial charge on any atom is -0.481 e. The molecular weight excluding hydrogens is 450 g/mol. The molecule has 10 nitrogen and oxygen atoms in total. The van der Waals surface area contributed by atoms with Crippen molar-refractivity contribution in [2.24, 2.45) is 0 Å². The largest absolute Gasteiger partial charge is 0.481 e. The Morgan fingerprint density at radius 1 is 1.15 bits per heavy atom. The Morgan fingerprint density at radius 2 is 1.82 bits per heavy atom. The monoisotopic (exact) mass is 475 g/mol. The van der Waals surface area contributed by atoms with Gasteiger partial charge in [-0.05, 0) is 39.0 Å². The molecule has 1 amide bonds. The summed E-state index contributed by atoms with van der Waals surface area (Å²) in [4.78, 5) is 26.3. The number of esters is 1. The number of nitriles is 1. The second-order valence-electron chi connectivity index (χ2n) is 7.54. The van der Waals surface area contributed by atoms with Crippen LogP contribution < -0.4 is 4.74 Å². The van der Waals surface area contributed by atoms with Gasteiger partial charge < -0.3 is 18.8 Å². The molecule has 1 saturated heterocycles. The minimum absolute atomic E-state index is 0.0506. The zero-order chi connectivity index (χ0) is 24.3. The number of piperazine rings is 1. The molecule has 1 aliphatic rings. The maximum absolute atomic E-state index is 13.3. The molecule has 1 aromatic carbocycles. The summed E-state index contributed by atoms with van der Waals surface area (Å²) in [6.07, 6.45) is -0.813. The number of rotatable bonds is 6. The van der Waals surface area contributed by atoms with Crippen molar-refractivity contribution in [1.29, 1.82) is 5.26 Å². The molecular formula is C22H25N3O7S. The number of ether oxygens (including phenoxy) is 2. The number of sulfonamides is 1. The normalized spacial score (nSPS) is 15.5. The lowest BCUT2D eigenvalue weighted by atomic mass is 10.2. The number of amides is 1. The lowest BCUT2D eigenvalue weighted by Gasteiger charge is -2.35. The molecule has 1 atom stereocenters. The SMILES string of the molecule is COC(=O)c1c(C)oc(C)c1S(=O)(=O)N1CCN(C(=O)C(C)Oc2cccc(C#N)c2)CC1. The molecule has 11 heteroatoms. The molecule has 176 valence electrons. The first kappa shape index (κ1) is 24.3. The molecule has 0 N–H and O–H groups in total. The first-order chi connectivity index (χ1) is 15.6. The number of carbonyl (C=O) groups is 2. The van der Waals surface area contributed by atoms with E-state index in [0.717, 1.165) is 0 Å². The van der Waals surface area contributed by atoms with Crippen LogP contribution >= 0.6 is 0 Å². The Kier molecular flexibility index (Phi) is 7.09. The highest BCUT2D eigenvalue weighted by Gasteiger charge is 2.38. The average Bonchev–Trinajstić information content (AvgIpc) is 3.12. The van der Waals surface area contributed by atoms with Crippen LogP contribution in [-0.2, 0) is 19.6 Å². The van der Waals surface area contributed by atoms with Crippen molar-refractivity contribution in [3.8, 4) is 11.8 Å². The Balaban J connectivity index is 1.70. The first-order valence-electron chi connectivity index (χ1n) is 10.2. The third-order valence-electron chi connectivity index (χ3n) is 5.37. The Labute approximate surface area is 192 Å². The summed E-state index contributed by atoms with van der Waals surface area (Å²) >= 11 is 0. The fraction of sp³-hybridized carbons (Fsp3) is 0.409. The molecule has 0 spiro atoms. The second-order valence-corrected chi connectivity index (χ2v) is 9.41. The van der Waals surface area contributed by atoms with E-state index in [-0.39, 0.29) is 54.1 Å². The molecule has 33 heavy (non-hydrogen) atoms. The maximum Gasteiger partial charge on any atom is 0.342 e. The van der Waals surface area contributed by atoms with Crippen molar-refractivity contribution in [2.75, 3.05) is 33.3 Å². The van der Waals surface area contributed by atoms with E-state index in [1.807, 2.05) is 6.07 Å².